The first-order valence-corrected chi connectivity index (χ1v) is 10.7. The summed E-state index contributed by atoms with van der Waals surface area (Å²) in [5.41, 5.74) is 1.22. The highest BCUT2D eigenvalue weighted by Crippen LogP contribution is 2.32. The zero-order valence-corrected chi connectivity index (χ0v) is 18.3. The molecule has 1 saturated carbocycles. The van der Waals surface area contributed by atoms with Gasteiger partial charge < -0.3 is 20.1 Å². The molecule has 12 heteroatoms. The number of nitrogens with one attached hydrogen (secondary N) is 3. The van der Waals surface area contributed by atoms with E-state index in [0.29, 0.717) is 18.4 Å². The van der Waals surface area contributed by atoms with Gasteiger partial charge in [-0.25, -0.2) is 4.98 Å². The summed E-state index contributed by atoms with van der Waals surface area (Å²) >= 11 is 0. The fourth-order valence-corrected chi connectivity index (χ4v) is 4.43. The fraction of sp³-hybridized carbons (Fsp3) is 0.409. The molecule has 2 atom stereocenters. The number of nitrogens with zero attached hydrogens (tertiary/aromatic N) is 3. The number of rotatable bonds is 4. The van der Waals surface area contributed by atoms with Crippen molar-refractivity contribution in [2.75, 3.05) is 0 Å². The van der Waals surface area contributed by atoms with Crippen LogP contribution in [0.25, 0.3) is 0 Å². The fourth-order valence-electron chi connectivity index (χ4n) is 4.43. The first-order valence-electron chi connectivity index (χ1n) is 10.7. The molecule has 9 nitrogen and oxygen atoms in total. The zero-order valence-electron chi connectivity index (χ0n) is 18.3. The van der Waals surface area contributed by atoms with E-state index < -0.39 is 17.9 Å². The largest absolute Gasteiger partial charge is 0.471 e. The van der Waals surface area contributed by atoms with Crippen LogP contribution < -0.4 is 10.6 Å². The van der Waals surface area contributed by atoms with Gasteiger partial charge >= 0.3 is 12.1 Å². The normalized spacial score (nSPS) is 20.1. The minimum atomic E-state index is -5.12. The van der Waals surface area contributed by atoms with Gasteiger partial charge in [-0.2, -0.15) is 13.2 Å². The van der Waals surface area contributed by atoms with Gasteiger partial charge in [0.05, 0.1) is 12.4 Å². The smallest absolute Gasteiger partial charge is 0.346 e. The summed E-state index contributed by atoms with van der Waals surface area (Å²) in [6.45, 7) is 0.289. The van der Waals surface area contributed by atoms with Gasteiger partial charge in [-0.3, -0.25) is 19.8 Å². The molecule has 0 bridgehead atoms. The van der Waals surface area contributed by atoms with E-state index >= 15 is 0 Å². The van der Waals surface area contributed by atoms with Crippen LogP contribution in [-0.2, 0) is 18.4 Å². The number of hydrogen-bond acceptors (Lipinski definition) is 5. The Balaban J connectivity index is 1.49. The number of carbonyl (C=O) groups is 3. The molecule has 2 heterocycles. The van der Waals surface area contributed by atoms with Gasteiger partial charge in [-0.05, 0) is 24.5 Å². The van der Waals surface area contributed by atoms with E-state index in [-0.39, 0.29) is 47.3 Å². The second-order valence-electron chi connectivity index (χ2n) is 8.49. The van der Waals surface area contributed by atoms with Crippen LogP contribution in [0, 0.1) is 5.41 Å². The summed E-state index contributed by atoms with van der Waals surface area (Å²) in [5.74, 6) is -3.64. The van der Waals surface area contributed by atoms with Crippen LogP contribution in [0.1, 0.15) is 57.7 Å². The van der Waals surface area contributed by atoms with Gasteiger partial charge in [0.1, 0.15) is 11.5 Å². The number of alkyl halides is 3. The number of amides is 3. The summed E-state index contributed by atoms with van der Waals surface area (Å²) in [4.78, 5) is 42.7. The lowest BCUT2D eigenvalue weighted by atomic mass is 9.89. The summed E-state index contributed by atoms with van der Waals surface area (Å²) in [5, 5.41) is 12.3. The number of aromatic nitrogens is 2. The number of carbonyl (C=O) groups excluding carboxylic acids is 3. The van der Waals surface area contributed by atoms with Gasteiger partial charge in [-0.15, -0.1) is 0 Å². The van der Waals surface area contributed by atoms with E-state index in [4.69, 9.17) is 5.41 Å². The Labute approximate surface area is 192 Å². The van der Waals surface area contributed by atoms with Crippen molar-refractivity contribution in [2.45, 2.75) is 50.5 Å². The molecule has 1 aromatic heterocycles. The van der Waals surface area contributed by atoms with Crippen molar-refractivity contribution in [1.82, 2.24) is 25.1 Å². The minimum Gasteiger partial charge on any atom is -0.346 e. The summed E-state index contributed by atoms with van der Waals surface area (Å²) < 4.78 is 39.2. The van der Waals surface area contributed by atoms with Gasteiger partial charge in [0.2, 0.25) is 0 Å². The lowest BCUT2D eigenvalue weighted by molar-refractivity contribution is -0.171. The molecule has 3 N–H and O–H groups in total. The standard InChI is InChI=1S/C22H23F3N6O3/c1-30-10-16(27-11-30)19(32)28-15-4-2-3-5-17(15)31-9-13-7-6-12(8-14(13)20(31)33)18(26)29-21(34)22(23,24)25/h6-8,10-11,15,17H,2-5,9H2,1H3,(H,28,32)(H2,26,29,34)/t15-,17?/m1/s1. The zero-order chi connectivity index (χ0) is 24.6. The minimum absolute atomic E-state index is 0.00445. The van der Waals surface area contributed by atoms with Crippen molar-refractivity contribution in [3.05, 3.63) is 53.1 Å². The molecule has 0 spiro atoms. The van der Waals surface area contributed by atoms with Gasteiger partial charge in [0, 0.05) is 37.0 Å². The Morgan fingerprint density at radius 2 is 1.94 bits per heavy atom. The molecule has 0 saturated heterocycles. The number of aryl methyl sites for hydroxylation is 1. The molecule has 1 aromatic carbocycles. The van der Waals surface area contributed by atoms with Gasteiger partial charge in [0.15, 0.2) is 0 Å². The third kappa shape index (κ3) is 4.66. The van der Waals surface area contributed by atoms with Crippen LogP contribution in [0.3, 0.4) is 0 Å². The number of imidazole rings is 1. The third-order valence-electron chi connectivity index (χ3n) is 6.11. The van der Waals surface area contributed by atoms with Crippen molar-refractivity contribution < 1.29 is 27.6 Å². The highest BCUT2D eigenvalue weighted by atomic mass is 19.4. The Hall–Kier alpha value is -3.70. The lowest BCUT2D eigenvalue weighted by Crippen LogP contribution is -2.53. The van der Waals surface area contributed by atoms with Crippen LogP contribution in [-0.4, -0.2) is 56.3 Å². The molecule has 4 rings (SSSR count). The summed E-state index contributed by atoms with van der Waals surface area (Å²) in [7, 11) is 1.76. The number of benzene rings is 1. The summed E-state index contributed by atoms with van der Waals surface area (Å²) in [6.07, 6.45) is 1.20. The molecule has 2 aromatic rings. The van der Waals surface area contributed by atoms with Crippen molar-refractivity contribution in [3.63, 3.8) is 0 Å². The molecule has 34 heavy (non-hydrogen) atoms. The van der Waals surface area contributed by atoms with Crippen LogP contribution in [0.5, 0.6) is 0 Å². The third-order valence-corrected chi connectivity index (χ3v) is 6.11. The summed E-state index contributed by atoms with van der Waals surface area (Å²) in [6, 6.07) is 3.76. The average Bonchev–Trinajstić information content (AvgIpc) is 3.36. The number of amidine groups is 1. The number of hydrogen-bond donors (Lipinski definition) is 3. The van der Waals surface area contributed by atoms with Crippen LogP contribution in [0.4, 0.5) is 13.2 Å². The topological polar surface area (TPSA) is 120 Å². The predicted octanol–water partition coefficient (Wildman–Crippen LogP) is 2.12. The van der Waals surface area contributed by atoms with E-state index in [9.17, 15) is 27.6 Å². The predicted molar refractivity (Wildman–Crippen MR) is 114 cm³/mol. The molecular formula is C22H23F3N6O3. The number of halogens is 3. The van der Waals surface area contributed by atoms with Crippen molar-refractivity contribution >= 4 is 23.6 Å². The van der Waals surface area contributed by atoms with Gasteiger partial charge in [-0.1, -0.05) is 25.0 Å². The highest BCUT2D eigenvalue weighted by Gasteiger charge is 2.40. The molecule has 1 aliphatic carbocycles. The van der Waals surface area contributed by atoms with Crippen LogP contribution in [0.15, 0.2) is 30.7 Å². The van der Waals surface area contributed by atoms with E-state index in [2.05, 4.69) is 10.3 Å². The van der Waals surface area contributed by atoms with E-state index in [1.807, 2.05) is 0 Å². The maximum atomic E-state index is 13.2. The first-order chi connectivity index (χ1) is 16.0. The molecule has 1 aliphatic heterocycles. The molecule has 0 radical (unpaired) electrons. The second kappa shape index (κ2) is 8.92. The van der Waals surface area contributed by atoms with E-state index in [1.54, 1.807) is 28.8 Å². The van der Waals surface area contributed by atoms with Crippen molar-refractivity contribution in [1.29, 1.82) is 5.41 Å². The Bertz CT molecular complexity index is 1160. The molecule has 2 aliphatic rings. The molecule has 180 valence electrons. The van der Waals surface area contributed by atoms with Gasteiger partial charge in [0.25, 0.3) is 11.8 Å². The quantitative estimate of drug-likeness (QED) is 0.463. The second-order valence-corrected chi connectivity index (χ2v) is 8.49. The lowest BCUT2D eigenvalue weighted by Gasteiger charge is -2.38. The van der Waals surface area contributed by atoms with Crippen molar-refractivity contribution in [3.8, 4) is 0 Å². The monoisotopic (exact) mass is 476 g/mol. The Kier molecular flexibility index (Phi) is 6.15. The van der Waals surface area contributed by atoms with Crippen LogP contribution in [0.2, 0.25) is 0 Å². The SMILES string of the molecule is Cn1cnc(C(=O)N[C@@H]2CCCCC2N2Cc3ccc(C(=N)NC(=O)C(F)(F)F)cc3C2=O)c1. The highest BCUT2D eigenvalue weighted by molar-refractivity contribution is 6.09. The average molecular weight is 476 g/mol. The molecule has 3 amide bonds. The van der Waals surface area contributed by atoms with Crippen LogP contribution >= 0.6 is 0 Å². The molecule has 1 fully saturated rings. The van der Waals surface area contributed by atoms with E-state index in [1.165, 1.54) is 23.8 Å². The maximum absolute atomic E-state index is 13.2. The maximum Gasteiger partial charge on any atom is 0.471 e. The van der Waals surface area contributed by atoms with Crippen molar-refractivity contribution in [2.24, 2.45) is 7.05 Å². The Morgan fingerprint density at radius 1 is 1.21 bits per heavy atom. The Morgan fingerprint density at radius 3 is 2.62 bits per heavy atom. The van der Waals surface area contributed by atoms with E-state index in [0.717, 1.165) is 12.8 Å². The molecular weight excluding hydrogens is 453 g/mol. The molecule has 1 unspecified atom stereocenters. The first kappa shape index (κ1) is 23.5. The number of fused-ring (bicyclic) bond motifs is 1.